The molecule has 0 amide bonds. The van der Waals surface area contributed by atoms with Gasteiger partial charge < -0.3 is 0 Å². The first-order chi connectivity index (χ1) is 7.72. The van der Waals surface area contributed by atoms with Crippen molar-refractivity contribution in [2.75, 3.05) is 0 Å². The third-order valence-electron chi connectivity index (χ3n) is 3.17. The van der Waals surface area contributed by atoms with Crippen molar-refractivity contribution in [1.82, 2.24) is 15.0 Å². The van der Waals surface area contributed by atoms with E-state index in [1.165, 1.54) is 35.7 Å². The molecule has 90 valence electrons. The molecule has 1 aromatic heterocycles. The second-order valence-electron chi connectivity index (χ2n) is 4.92. The first kappa shape index (κ1) is 12.0. The molecule has 1 fully saturated rings. The highest BCUT2D eigenvalue weighted by Gasteiger charge is 2.25. The smallest absolute Gasteiger partial charge is 0.0829 e. The van der Waals surface area contributed by atoms with Gasteiger partial charge in [-0.25, -0.2) is 0 Å². The lowest BCUT2D eigenvalue weighted by molar-refractivity contribution is 0.483. The zero-order chi connectivity index (χ0) is 11.5. The van der Waals surface area contributed by atoms with Crippen LogP contribution in [0.3, 0.4) is 0 Å². The Morgan fingerprint density at radius 2 is 2.25 bits per heavy atom. The highest BCUT2D eigenvalue weighted by atomic mass is 32.1. The number of nitrogens with one attached hydrogen (secondary N) is 1. The molecule has 1 heterocycles. The molecule has 0 saturated heterocycles. The van der Waals surface area contributed by atoms with Crippen LogP contribution >= 0.6 is 11.5 Å². The van der Waals surface area contributed by atoms with Gasteiger partial charge in [-0.15, -0.1) is 5.10 Å². The van der Waals surface area contributed by atoms with Gasteiger partial charge in [0.25, 0.3) is 0 Å². The van der Waals surface area contributed by atoms with Crippen LogP contribution in [0.4, 0.5) is 0 Å². The summed E-state index contributed by atoms with van der Waals surface area (Å²) in [5, 5.41) is 4.20. The van der Waals surface area contributed by atoms with E-state index in [1.54, 1.807) is 0 Å². The monoisotopic (exact) mass is 240 g/mol. The fraction of sp³-hybridized carbons (Fsp3) is 0.818. The molecule has 1 saturated carbocycles. The summed E-state index contributed by atoms with van der Waals surface area (Å²) in [7, 11) is 0. The van der Waals surface area contributed by atoms with E-state index in [-0.39, 0.29) is 6.04 Å². The molecule has 5 heteroatoms. The number of nitrogens with two attached hydrogens (primary N) is 1. The van der Waals surface area contributed by atoms with Crippen LogP contribution < -0.4 is 11.3 Å². The van der Waals surface area contributed by atoms with Crippen molar-refractivity contribution < 1.29 is 0 Å². The van der Waals surface area contributed by atoms with Gasteiger partial charge in [0.05, 0.1) is 16.6 Å². The van der Waals surface area contributed by atoms with Crippen LogP contribution in [0.5, 0.6) is 0 Å². The minimum Gasteiger partial charge on any atom is -0.271 e. The van der Waals surface area contributed by atoms with Crippen LogP contribution in [0.15, 0.2) is 0 Å². The largest absolute Gasteiger partial charge is 0.271 e. The van der Waals surface area contributed by atoms with Crippen LogP contribution in [0.2, 0.25) is 0 Å². The molecule has 0 bridgehead atoms. The third-order valence-corrected chi connectivity index (χ3v) is 4.02. The molecule has 4 nitrogen and oxygen atoms in total. The first-order valence-corrected chi connectivity index (χ1v) is 6.78. The maximum Gasteiger partial charge on any atom is 0.0829 e. The SMILES string of the molecule is CC(C)c1nnsc1C(CCC1CC1)NN. The second kappa shape index (κ2) is 5.21. The predicted octanol–water partition coefficient (Wildman–Crippen LogP) is 2.36. The molecule has 16 heavy (non-hydrogen) atoms. The maximum atomic E-state index is 5.64. The fourth-order valence-corrected chi connectivity index (χ4v) is 2.85. The Morgan fingerprint density at radius 3 is 2.81 bits per heavy atom. The van der Waals surface area contributed by atoms with E-state index in [4.69, 9.17) is 5.84 Å². The van der Waals surface area contributed by atoms with Crippen molar-refractivity contribution in [1.29, 1.82) is 0 Å². The lowest BCUT2D eigenvalue weighted by Crippen LogP contribution is -2.28. The molecule has 1 unspecified atom stereocenters. The third kappa shape index (κ3) is 2.78. The normalized spacial score (nSPS) is 18.0. The van der Waals surface area contributed by atoms with Crippen LogP contribution in [-0.2, 0) is 0 Å². The molecule has 1 atom stereocenters. The molecule has 2 rings (SSSR count). The van der Waals surface area contributed by atoms with Gasteiger partial charge in [-0.3, -0.25) is 11.3 Å². The van der Waals surface area contributed by atoms with Gasteiger partial charge in [0.1, 0.15) is 0 Å². The summed E-state index contributed by atoms with van der Waals surface area (Å²) in [5.41, 5.74) is 4.01. The van der Waals surface area contributed by atoms with Gasteiger partial charge >= 0.3 is 0 Å². The summed E-state index contributed by atoms with van der Waals surface area (Å²) in [6, 6.07) is 0.234. The lowest BCUT2D eigenvalue weighted by Gasteiger charge is -2.15. The number of hydrazine groups is 1. The molecule has 0 radical (unpaired) electrons. The van der Waals surface area contributed by atoms with E-state index in [2.05, 4.69) is 28.9 Å². The van der Waals surface area contributed by atoms with Crippen LogP contribution in [0.25, 0.3) is 0 Å². The van der Waals surface area contributed by atoms with Gasteiger partial charge in [0.2, 0.25) is 0 Å². The standard InChI is InChI=1S/C11H20N4S/c1-7(2)10-11(16-15-14-10)9(13-12)6-5-8-3-4-8/h7-9,13H,3-6,12H2,1-2H3. The highest BCUT2D eigenvalue weighted by Crippen LogP contribution is 2.37. The van der Waals surface area contributed by atoms with E-state index in [1.807, 2.05) is 0 Å². The Hall–Kier alpha value is -0.520. The number of rotatable bonds is 6. The number of aromatic nitrogens is 2. The minimum atomic E-state index is 0.234. The van der Waals surface area contributed by atoms with Gasteiger partial charge in [-0.2, -0.15) is 0 Å². The summed E-state index contributed by atoms with van der Waals surface area (Å²) in [6.45, 7) is 4.30. The zero-order valence-electron chi connectivity index (χ0n) is 9.94. The molecule has 0 spiro atoms. The van der Waals surface area contributed by atoms with Crippen molar-refractivity contribution >= 4 is 11.5 Å². The lowest BCUT2D eigenvalue weighted by atomic mass is 10.0. The summed E-state index contributed by atoms with van der Waals surface area (Å²) in [6.07, 6.45) is 5.17. The van der Waals surface area contributed by atoms with Crippen LogP contribution in [0, 0.1) is 5.92 Å². The van der Waals surface area contributed by atoms with Crippen LogP contribution in [-0.4, -0.2) is 9.59 Å². The quantitative estimate of drug-likeness (QED) is 0.592. The van der Waals surface area contributed by atoms with E-state index in [0.717, 1.165) is 18.0 Å². The van der Waals surface area contributed by atoms with E-state index in [0.29, 0.717) is 5.92 Å². The van der Waals surface area contributed by atoms with E-state index >= 15 is 0 Å². The molecule has 1 aliphatic carbocycles. The van der Waals surface area contributed by atoms with E-state index in [9.17, 15) is 0 Å². The zero-order valence-corrected chi connectivity index (χ0v) is 10.8. The predicted molar refractivity (Wildman–Crippen MR) is 66.0 cm³/mol. The first-order valence-electron chi connectivity index (χ1n) is 6.00. The Kier molecular flexibility index (Phi) is 3.89. The average Bonchev–Trinajstić information content (AvgIpc) is 2.94. The molecule has 1 aliphatic rings. The Bertz CT molecular complexity index is 332. The maximum absolute atomic E-state index is 5.64. The van der Waals surface area contributed by atoms with Crippen molar-refractivity contribution in [2.24, 2.45) is 11.8 Å². The summed E-state index contributed by atoms with van der Waals surface area (Å²) in [4.78, 5) is 1.22. The van der Waals surface area contributed by atoms with Crippen molar-refractivity contribution in [2.45, 2.75) is 51.5 Å². The molecule has 0 aromatic carbocycles. The Morgan fingerprint density at radius 1 is 1.50 bits per heavy atom. The van der Waals surface area contributed by atoms with Gasteiger partial charge in [0.15, 0.2) is 0 Å². The van der Waals surface area contributed by atoms with Crippen molar-refractivity contribution in [3.63, 3.8) is 0 Å². The molecule has 3 N–H and O–H groups in total. The molecule has 1 aromatic rings. The topological polar surface area (TPSA) is 63.8 Å². The fourth-order valence-electron chi connectivity index (χ4n) is 1.95. The molecular formula is C11H20N4S. The molecule has 0 aliphatic heterocycles. The minimum absolute atomic E-state index is 0.234. The number of nitrogens with zero attached hydrogens (tertiary/aromatic N) is 2. The number of hydrogen-bond donors (Lipinski definition) is 2. The van der Waals surface area contributed by atoms with E-state index < -0.39 is 0 Å². The Balaban J connectivity index is 2.02. The summed E-state index contributed by atoms with van der Waals surface area (Å²) >= 11 is 1.48. The van der Waals surface area contributed by atoms with Gasteiger partial charge in [-0.1, -0.05) is 31.2 Å². The average molecular weight is 240 g/mol. The van der Waals surface area contributed by atoms with Crippen LogP contribution in [0.1, 0.15) is 62.1 Å². The summed E-state index contributed by atoms with van der Waals surface area (Å²) in [5.74, 6) is 7.01. The van der Waals surface area contributed by atoms with Crippen molar-refractivity contribution in [3.8, 4) is 0 Å². The summed E-state index contributed by atoms with van der Waals surface area (Å²) < 4.78 is 4.05. The van der Waals surface area contributed by atoms with Gasteiger partial charge in [-0.05, 0) is 36.2 Å². The van der Waals surface area contributed by atoms with Crippen molar-refractivity contribution in [3.05, 3.63) is 10.6 Å². The highest BCUT2D eigenvalue weighted by molar-refractivity contribution is 7.05. The number of hydrogen-bond acceptors (Lipinski definition) is 5. The Labute approximate surface area is 101 Å². The second-order valence-corrected chi connectivity index (χ2v) is 5.70. The van der Waals surface area contributed by atoms with Gasteiger partial charge in [0, 0.05) is 0 Å². The molecular weight excluding hydrogens is 220 g/mol.